The molecule has 0 amide bonds. The lowest BCUT2D eigenvalue weighted by Gasteiger charge is -2.71. The van der Waals surface area contributed by atoms with E-state index in [0.29, 0.717) is 19.3 Å². The molecule has 1 heterocycles. The molecule has 0 spiro atoms. The summed E-state index contributed by atoms with van der Waals surface area (Å²) < 4.78 is 12.6. The normalized spacial score (nSPS) is 50.6. The number of fused-ring (bicyclic) bond motifs is 5. The summed E-state index contributed by atoms with van der Waals surface area (Å²) in [6.45, 7) is 14.7. The minimum Gasteiger partial charge on any atom is -0.396 e. The molecule has 4 saturated carbocycles. The van der Waals surface area contributed by atoms with Crippen molar-refractivity contribution < 1.29 is 45.2 Å². The molecule has 5 rings (SSSR count). The molecule has 15 atom stereocenters. The second kappa shape index (κ2) is 12.4. The smallest absolute Gasteiger partial charge is 0.187 e. The van der Waals surface area contributed by atoms with Crippen molar-refractivity contribution in [1.29, 1.82) is 0 Å². The van der Waals surface area contributed by atoms with Crippen molar-refractivity contribution in [2.45, 2.75) is 155 Å². The zero-order valence-corrected chi connectivity index (χ0v) is 28.7. The quantitative estimate of drug-likeness (QED) is 0.198. The van der Waals surface area contributed by atoms with Crippen molar-refractivity contribution in [1.82, 2.24) is 0 Å². The predicted molar refractivity (Wildman–Crippen MR) is 170 cm³/mol. The van der Waals surface area contributed by atoms with E-state index in [9.17, 15) is 35.7 Å². The van der Waals surface area contributed by atoms with Gasteiger partial charge in [-0.25, -0.2) is 0 Å². The minimum atomic E-state index is -1.53. The number of hydrogen-bond donors (Lipinski definition) is 7. The van der Waals surface area contributed by atoms with Gasteiger partial charge in [0.25, 0.3) is 0 Å². The maximum absolute atomic E-state index is 12.3. The van der Waals surface area contributed by atoms with E-state index in [0.717, 1.165) is 38.5 Å². The van der Waals surface area contributed by atoms with Crippen molar-refractivity contribution in [2.24, 2.45) is 45.3 Å². The first-order valence-electron chi connectivity index (χ1n) is 17.5. The van der Waals surface area contributed by atoms with Gasteiger partial charge in [-0.05, 0) is 118 Å². The Hall–Kier alpha value is -0.620. The molecule has 1 aliphatic heterocycles. The van der Waals surface area contributed by atoms with Gasteiger partial charge in [0, 0.05) is 12.0 Å². The number of allylic oxidation sites excluding steroid dienone is 2. The Morgan fingerprint density at radius 1 is 0.867 bits per heavy atom. The van der Waals surface area contributed by atoms with Gasteiger partial charge in [-0.3, -0.25) is 0 Å². The lowest BCUT2D eigenvalue weighted by molar-refractivity contribution is -0.336. The zero-order valence-electron chi connectivity index (χ0n) is 28.7. The third-order valence-corrected chi connectivity index (χ3v) is 14.6. The highest BCUT2D eigenvalue weighted by Crippen LogP contribution is 2.76. The fourth-order valence-corrected chi connectivity index (χ4v) is 11.8. The molecule has 0 aromatic carbocycles. The Morgan fingerprint density at radius 2 is 1.53 bits per heavy atom. The highest BCUT2D eigenvalue weighted by atomic mass is 16.7. The number of hydrogen-bond acceptors (Lipinski definition) is 9. The van der Waals surface area contributed by atoms with Crippen molar-refractivity contribution in [3.63, 3.8) is 0 Å². The number of aliphatic hydroxyl groups excluding tert-OH is 7. The van der Waals surface area contributed by atoms with Gasteiger partial charge >= 0.3 is 0 Å². The molecular weight excluding hydrogens is 576 g/mol. The van der Waals surface area contributed by atoms with Crippen LogP contribution in [-0.2, 0) is 9.47 Å². The van der Waals surface area contributed by atoms with Crippen molar-refractivity contribution in [3.05, 3.63) is 11.6 Å². The Balaban J connectivity index is 1.50. The Bertz CT molecular complexity index is 1090. The Morgan fingerprint density at radius 3 is 2.16 bits per heavy atom. The second-order valence-corrected chi connectivity index (χ2v) is 17.2. The second-order valence-electron chi connectivity index (χ2n) is 17.2. The standard InChI is InChI=1S/C36H62O9/c1-20(2)9-8-13-35(7,45-31-30(43)29(42)28(41)23(18-37)44-31)21-10-14-34(6)27(21)22(39)17-25-33(34,5)15-11-24-32(3,4)26(40)12-16-36(24,25)19-38/h9,21-31,37-43H,8,10-19H2,1-7H3/t21?,22?,23-,24?,25?,26?,27?,28-,29+,30-,31+,33?,34?,35?,36?/m1/s1. The van der Waals surface area contributed by atoms with Crippen LogP contribution in [0.5, 0.6) is 0 Å². The van der Waals surface area contributed by atoms with E-state index >= 15 is 0 Å². The lowest BCUT2D eigenvalue weighted by Crippen LogP contribution is -2.68. The lowest BCUT2D eigenvalue weighted by atomic mass is 9.34. The summed E-state index contributed by atoms with van der Waals surface area (Å²) in [6, 6.07) is 0. The number of aliphatic hydroxyl groups is 7. The number of ether oxygens (including phenoxy) is 2. The van der Waals surface area contributed by atoms with Crippen LogP contribution in [0.3, 0.4) is 0 Å². The SMILES string of the molecule is CC(C)=CCCC(C)(O[C@@H]1O[C@H](CO)[C@@H](O)[C@H](O)[C@H]1O)C1CCC2(C)C1C(O)CC1C3(CO)CCC(O)C(C)(C)C3CCC12C. The van der Waals surface area contributed by atoms with Crippen LogP contribution >= 0.6 is 0 Å². The third kappa shape index (κ3) is 5.39. The molecule has 0 bridgehead atoms. The van der Waals surface area contributed by atoms with Crippen LogP contribution in [0.15, 0.2) is 11.6 Å². The van der Waals surface area contributed by atoms with Crippen LogP contribution in [0.2, 0.25) is 0 Å². The van der Waals surface area contributed by atoms with E-state index in [1.54, 1.807) is 0 Å². The van der Waals surface area contributed by atoms with Crippen molar-refractivity contribution in [3.8, 4) is 0 Å². The summed E-state index contributed by atoms with van der Waals surface area (Å²) in [6.07, 6.45) is 1.24. The summed E-state index contributed by atoms with van der Waals surface area (Å²) in [7, 11) is 0. The van der Waals surface area contributed by atoms with E-state index in [1.165, 1.54) is 5.57 Å². The van der Waals surface area contributed by atoms with Crippen LogP contribution < -0.4 is 0 Å². The van der Waals surface area contributed by atoms with Gasteiger partial charge in [-0.15, -0.1) is 0 Å². The third-order valence-electron chi connectivity index (χ3n) is 14.6. The first-order valence-corrected chi connectivity index (χ1v) is 17.5. The average Bonchev–Trinajstić information content (AvgIpc) is 3.36. The zero-order chi connectivity index (χ0) is 33.3. The highest BCUT2D eigenvalue weighted by molar-refractivity contribution is 5.21. The summed E-state index contributed by atoms with van der Waals surface area (Å²) in [5, 5.41) is 76.2. The fourth-order valence-electron chi connectivity index (χ4n) is 11.8. The van der Waals surface area contributed by atoms with Gasteiger partial charge in [0.2, 0.25) is 0 Å². The van der Waals surface area contributed by atoms with Crippen LogP contribution in [0.4, 0.5) is 0 Å². The first kappa shape index (κ1) is 35.7. The van der Waals surface area contributed by atoms with Gasteiger partial charge in [-0.2, -0.15) is 0 Å². The van der Waals surface area contributed by atoms with Gasteiger partial charge < -0.3 is 45.2 Å². The molecule has 0 radical (unpaired) electrons. The molecule has 4 aliphatic carbocycles. The van der Waals surface area contributed by atoms with Crippen LogP contribution in [0, 0.1) is 45.3 Å². The summed E-state index contributed by atoms with van der Waals surface area (Å²) >= 11 is 0. The molecule has 10 unspecified atom stereocenters. The molecule has 7 N–H and O–H groups in total. The molecule has 5 aliphatic rings. The molecule has 0 aromatic rings. The van der Waals surface area contributed by atoms with Crippen LogP contribution in [-0.4, -0.2) is 97.5 Å². The average molecular weight is 639 g/mol. The first-order chi connectivity index (χ1) is 20.9. The topological polar surface area (TPSA) is 160 Å². The van der Waals surface area contributed by atoms with E-state index in [-0.39, 0.29) is 51.9 Å². The monoisotopic (exact) mass is 638 g/mol. The largest absolute Gasteiger partial charge is 0.396 e. The van der Waals surface area contributed by atoms with Crippen LogP contribution in [0.25, 0.3) is 0 Å². The van der Waals surface area contributed by atoms with E-state index in [4.69, 9.17) is 9.47 Å². The summed E-state index contributed by atoms with van der Waals surface area (Å²) in [5.41, 5.74) is -0.735. The van der Waals surface area contributed by atoms with E-state index in [1.807, 2.05) is 20.8 Å². The molecule has 5 fully saturated rings. The maximum Gasteiger partial charge on any atom is 0.187 e. The highest BCUT2D eigenvalue weighted by Gasteiger charge is 2.72. The van der Waals surface area contributed by atoms with E-state index in [2.05, 4.69) is 33.8 Å². The van der Waals surface area contributed by atoms with Crippen LogP contribution in [0.1, 0.15) is 106 Å². The van der Waals surface area contributed by atoms with Crippen molar-refractivity contribution >= 4 is 0 Å². The van der Waals surface area contributed by atoms with E-state index < -0.39 is 55.1 Å². The van der Waals surface area contributed by atoms with Gasteiger partial charge in [-0.1, -0.05) is 39.3 Å². The molecule has 1 saturated heterocycles. The van der Waals surface area contributed by atoms with Gasteiger partial charge in [0.15, 0.2) is 6.29 Å². The fraction of sp³-hybridized carbons (Fsp3) is 0.944. The predicted octanol–water partition coefficient (Wildman–Crippen LogP) is 3.30. The Kier molecular flexibility index (Phi) is 9.80. The molecule has 9 nitrogen and oxygen atoms in total. The van der Waals surface area contributed by atoms with Gasteiger partial charge in [0.05, 0.1) is 24.4 Å². The molecule has 260 valence electrons. The molecular formula is C36H62O9. The Labute approximate surface area is 270 Å². The summed E-state index contributed by atoms with van der Waals surface area (Å²) in [4.78, 5) is 0. The molecule has 9 heteroatoms. The maximum atomic E-state index is 12.3. The number of rotatable bonds is 8. The minimum absolute atomic E-state index is 0.0611. The molecule has 45 heavy (non-hydrogen) atoms. The summed E-state index contributed by atoms with van der Waals surface area (Å²) in [5.74, 6) is 0.0968. The molecule has 0 aromatic heterocycles. The van der Waals surface area contributed by atoms with Gasteiger partial charge in [0.1, 0.15) is 24.4 Å². The van der Waals surface area contributed by atoms with Crippen molar-refractivity contribution in [2.75, 3.05) is 13.2 Å².